The lowest BCUT2D eigenvalue weighted by Gasteiger charge is -2.39. The number of phenolic OH excluding ortho intramolecular Hbond substituents is 2. The second-order valence-corrected chi connectivity index (χ2v) is 9.44. The third kappa shape index (κ3) is 6.47. The molecule has 40 heavy (non-hydrogen) atoms. The van der Waals surface area contributed by atoms with Crippen molar-refractivity contribution in [2.24, 2.45) is 0 Å². The van der Waals surface area contributed by atoms with Gasteiger partial charge < -0.3 is 70.0 Å². The first-order valence-electron chi connectivity index (χ1n) is 12.3. The molecule has 2 aliphatic heterocycles. The summed E-state index contributed by atoms with van der Waals surface area (Å²) in [6.07, 6.45) is -11.8. The SMILES string of the molecule is OC[C@@H]1O[C@@H](Oc2ccc(/C=C/c3cc(O)cc(O[C@H]4O[C@@H](CO)[C@@H](O)[C@@H](O)[C@H]4O)c3)c(O)c2)[C@@H](O)[C@H](O)[C@@H]1O. The lowest BCUT2D eigenvalue weighted by molar-refractivity contribution is -0.277. The smallest absolute Gasteiger partial charge is 0.229 e. The van der Waals surface area contributed by atoms with Gasteiger partial charge in [0.25, 0.3) is 0 Å². The van der Waals surface area contributed by atoms with Gasteiger partial charge in [0.15, 0.2) is 0 Å². The van der Waals surface area contributed by atoms with Crippen molar-refractivity contribution >= 4 is 12.2 Å². The Bertz CT molecular complexity index is 1170. The molecule has 10 atom stereocenters. The van der Waals surface area contributed by atoms with Crippen LogP contribution in [0.25, 0.3) is 12.2 Å². The number of aliphatic hydroxyl groups excluding tert-OH is 8. The van der Waals surface area contributed by atoms with Crippen LogP contribution >= 0.6 is 0 Å². The number of ether oxygens (including phenoxy) is 4. The predicted molar refractivity (Wildman–Crippen MR) is 134 cm³/mol. The Kier molecular flexibility index (Phi) is 9.48. The molecule has 2 saturated heterocycles. The number of hydrogen-bond donors (Lipinski definition) is 10. The zero-order chi connectivity index (χ0) is 29.1. The first-order valence-corrected chi connectivity index (χ1v) is 12.3. The van der Waals surface area contributed by atoms with Crippen LogP contribution in [0.2, 0.25) is 0 Å². The minimum atomic E-state index is -1.64. The van der Waals surface area contributed by atoms with Gasteiger partial charge in [-0.05, 0) is 29.8 Å². The quantitative estimate of drug-likeness (QED) is 0.150. The van der Waals surface area contributed by atoms with Crippen LogP contribution in [0.15, 0.2) is 36.4 Å². The van der Waals surface area contributed by atoms with Crippen LogP contribution in [-0.4, -0.2) is 126 Å². The summed E-state index contributed by atoms with van der Waals surface area (Å²) in [5, 5.41) is 99.2. The van der Waals surface area contributed by atoms with Gasteiger partial charge in [0.1, 0.15) is 71.8 Å². The van der Waals surface area contributed by atoms with Crippen molar-refractivity contribution in [1.29, 1.82) is 0 Å². The van der Waals surface area contributed by atoms with E-state index in [0.29, 0.717) is 11.1 Å². The minimum absolute atomic E-state index is 0.0384. The second kappa shape index (κ2) is 12.7. The average Bonchev–Trinajstić information content (AvgIpc) is 2.93. The fourth-order valence-electron chi connectivity index (χ4n) is 4.29. The summed E-state index contributed by atoms with van der Waals surface area (Å²) < 4.78 is 21.6. The van der Waals surface area contributed by atoms with Gasteiger partial charge in [0.2, 0.25) is 12.6 Å². The third-order valence-corrected chi connectivity index (χ3v) is 6.57. The first-order chi connectivity index (χ1) is 19.0. The normalized spacial score (nSPS) is 34.6. The highest BCUT2D eigenvalue weighted by atomic mass is 16.7. The monoisotopic (exact) mass is 568 g/mol. The standard InChI is InChI=1S/C26H32O14/c27-9-17-19(31)21(33)23(35)25(39-17)37-14-4-3-12(16(30)8-14)2-1-11-5-13(29)7-15(6-11)38-26-24(36)22(34)20(32)18(10-28)40-26/h1-8,17-36H,9-10H2/b2-1+/t17-,18-,19+,20+,21+,22+,23-,24+,25+,26-/m0/s1. The molecular formula is C26H32O14. The molecule has 220 valence electrons. The number of aliphatic hydroxyl groups is 8. The van der Waals surface area contributed by atoms with Crippen molar-refractivity contribution in [2.75, 3.05) is 13.2 Å². The van der Waals surface area contributed by atoms with Crippen molar-refractivity contribution in [2.45, 2.75) is 61.4 Å². The van der Waals surface area contributed by atoms with Crippen molar-refractivity contribution in [3.05, 3.63) is 47.5 Å². The zero-order valence-electron chi connectivity index (χ0n) is 20.9. The molecule has 0 aliphatic carbocycles. The number of aromatic hydroxyl groups is 2. The summed E-state index contributed by atoms with van der Waals surface area (Å²) >= 11 is 0. The molecule has 0 spiro atoms. The highest BCUT2D eigenvalue weighted by Gasteiger charge is 2.45. The van der Waals surface area contributed by atoms with E-state index in [4.69, 9.17) is 18.9 Å². The molecule has 2 heterocycles. The van der Waals surface area contributed by atoms with Gasteiger partial charge >= 0.3 is 0 Å². The van der Waals surface area contributed by atoms with Crippen LogP contribution in [0.5, 0.6) is 23.0 Å². The summed E-state index contributed by atoms with van der Waals surface area (Å²) in [5.41, 5.74) is 0.724. The Balaban J connectivity index is 1.45. The molecular weight excluding hydrogens is 536 g/mol. The topological polar surface area (TPSA) is 239 Å². The lowest BCUT2D eigenvalue weighted by atomic mass is 9.99. The minimum Gasteiger partial charge on any atom is -0.508 e. The van der Waals surface area contributed by atoms with Gasteiger partial charge in [-0.25, -0.2) is 0 Å². The first kappa shape index (κ1) is 30.0. The molecule has 0 radical (unpaired) electrons. The Labute approximate surface area is 227 Å². The van der Waals surface area contributed by atoms with Crippen LogP contribution in [0, 0.1) is 0 Å². The van der Waals surface area contributed by atoms with Crippen LogP contribution in [-0.2, 0) is 9.47 Å². The molecule has 0 unspecified atom stereocenters. The number of benzene rings is 2. The van der Waals surface area contributed by atoms with Gasteiger partial charge in [-0.3, -0.25) is 0 Å². The summed E-state index contributed by atoms with van der Waals surface area (Å²) in [7, 11) is 0. The summed E-state index contributed by atoms with van der Waals surface area (Å²) in [5.74, 6) is -0.353. The fraction of sp³-hybridized carbons (Fsp3) is 0.462. The Morgan fingerprint density at radius 1 is 0.625 bits per heavy atom. The molecule has 0 aromatic heterocycles. The van der Waals surface area contributed by atoms with Gasteiger partial charge in [0.05, 0.1) is 13.2 Å². The molecule has 0 amide bonds. The zero-order valence-corrected chi connectivity index (χ0v) is 20.9. The number of hydrogen-bond acceptors (Lipinski definition) is 14. The van der Waals surface area contributed by atoms with Gasteiger partial charge in [-0.1, -0.05) is 12.2 Å². The molecule has 10 N–H and O–H groups in total. The molecule has 14 heteroatoms. The number of rotatable bonds is 8. The number of phenols is 2. The van der Waals surface area contributed by atoms with E-state index >= 15 is 0 Å². The lowest BCUT2D eigenvalue weighted by Crippen LogP contribution is -2.60. The van der Waals surface area contributed by atoms with E-state index in [9.17, 15) is 51.1 Å². The van der Waals surface area contributed by atoms with Crippen LogP contribution in [0.4, 0.5) is 0 Å². The van der Waals surface area contributed by atoms with Crippen molar-refractivity contribution in [3.63, 3.8) is 0 Å². The van der Waals surface area contributed by atoms with E-state index in [0.717, 1.165) is 0 Å². The molecule has 2 fully saturated rings. The Morgan fingerprint density at radius 2 is 1.18 bits per heavy atom. The van der Waals surface area contributed by atoms with E-state index in [2.05, 4.69) is 0 Å². The third-order valence-electron chi connectivity index (χ3n) is 6.57. The largest absolute Gasteiger partial charge is 0.508 e. The van der Waals surface area contributed by atoms with E-state index in [-0.39, 0.29) is 23.0 Å². The van der Waals surface area contributed by atoms with Crippen molar-refractivity contribution in [1.82, 2.24) is 0 Å². The summed E-state index contributed by atoms with van der Waals surface area (Å²) in [6.45, 7) is -1.25. The molecule has 0 saturated carbocycles. The fourth-order valence-corrected chi connectivity index (χ4v) is 4.29. The van der Waals surface area contributed by atoms with Gasteiger partial charge in [-0.2, -0.15) is 0 Å². The second-order valence-electron chi connectivity index (χ2n) is 9.44. The average molecular weight is 569 g/mol. The highest BCUT2D eigenvalue weighted by Crippen LogP contribution is 2.31. The predicted octanol–water partition coefficient (Wildman–Crippen LogP) is -2.37. The summed E-state index contributed by atoms with van der Waals surface area (Å²) in [6, 6.07) is 8.20. The van der Waals surface area contributed by atoms with Crippen LogP contribution in [0.3, 0.4) is 0 Å². The van der Waals surface area contributed by atoms with E-state index in [1.54, 1.807) is 0 Å². The molecule has 2 aromatic rings. The van der Waals surface area contributed by atoms with E-state index in [1.807, 2.05) is 0 Å². The molecule has 14 nitrogen and oxygen atoms in total. The van der Waals surface area contributed by atoms with E-state index < -0.39 is 74.6 Å². The van der Waals surface area contributed by atoms with Crippen molar-refractivity contribution in [3.8, 4) is 23.0 Å². The molecule has 0 bridgehead atoms. The van der Waals surface area contributed by atoms with Crippen LogP contribution in [0.1, 0.15) is 11.1 Å². The maximum absolute atomic E-state index is 10.5. The highest BCUT2D eigenvalue weighted by molar-refractivity contribution is 5.74. The molecule has 2 aromatic carbocycles. The maximum atomic E-state index is 10.5. The van der Waals surface area contributed by atoms with Gasteiger partial charge in [0, 0.05) is 17.7 Å². The van der Waals surface area contributed by atoms with Crippen molar-refractivity contribution < 1.29 is 70.0 Å². The van der Waals surface area contributed by atoms with Gasteiger partial charge in [-0.15, -0.1) is 0 Å². The van der Waals surface area contributed by atoms with E-state index in [1.165, 1.54) is 48.6 Å². The Morgan fingerprint density at radius 3 is 1.70 bits per heavy atom. The maximum Gasteiger partial charge on any atom is 0.229 e. The summed E-state index contributed by atoms with van der Waals surface area (Å²) in [4.78, 5) is 0. The molecule has 2 aliphatic rings. The Hall–Kier alpha value is -3.02. The molecule has 4 rings (SSSR count). The van der Waals surface area contributed by atoms with Crippen LogP contribution < -0.4 is 9.47 Å².